The van der Waals surface area contributed by atoms with Crippen molar-refractivity contribution < 1.29 is 13.6 Å². The predicted octanol–water partition coefficient (Wildman–Crippen LogP) is 3.67. The molecule has 100 valence electrons. The number of nitrogens with zero attached hydrogens (tertiary/aromatic N) is 1. The lowest BCUT2D eigenvalue weighted by Gasteiger charge is -2.01. The summed E-state index contributed by atoms with van der Waals surface area (Å²) in [6.07, 6.45) is 0. The molecule has 3 nitrogen and oxygen atoms in total. The molecular formula is C12H10F2N2OS2. The number of halogens is 2. The molecule has 7 heteroatoms. The highest BCUT2D eigenvalue weighted by Gasteiger charge is 2.07. The third-order valence-corrected chi connectivity index (χ3v) is 3.97. The van der Waals surface area contributed by atoms with Crippen LogP contribution >= 0.6 is 23.1 Å². The van der Waals surface area contributed by atoms with Crippen molar-refractivity contribution in [3.63, 3.8) is 0 Å². The summed E-state index contributed by atoms with van der Waals surface area (Å²) in [6.45, 7) is 1.40. The Kier molecular flexibility index (Phi) is 4.49. The first-order valence-electron chi connectivity index (χ1n) is 5.34. The maximum Gasteiger partial charge on any atom is 0.223 e. The van der Waals surface area contributed by atoms with Gasteiger partial charge in [0.15, 0.2) is 5.13 Å². The molecule has 0 atom stereocenters. The van der Waals surface area contributed by atoms with Crippen LogP contribution < -0.4 is 5.32 Å². The van der Waals surface area contributed by atoms with E-state index in [9.17, 15) is 13.6 Å². The Morgan fingerprint density at radius 2 is 2.26 bits per heavy atom. The first-order valence-corrected chi connectivity index (χ1v) is 7.21. The smallest absolute Gasteiger partial charge is 0.223 e. The summed E-state index contributed by atoms with van der Waals surface area (Å²) in [7, 11) is 0. The molecule has 0 aliphatic carbocycles. The largest absolute Gasteiger partial charge is 0.302 e. The molecule has 0 bridgehead atoms. The van der Waals surface area contributed by atoms with Gasteiger partial charge in [0.05, 0.1) is 5.69 Å². The zero-order valence-electron chi connectivity index (χ0n) is 9.94. The summed E-state index contributed by atoms with van der Waals surface area (Å²) in [5.41, 5.74) is 0.711. The summed E-state index contributed by atoms with van der Waals surface area (Å²) in [5.74, 6) is -0.703. The van der Waals surface area contributed by atoms with Crippen LogP contribution in [0.25, 0.3) is 0 Å². The maximum atomic E-state index is 13.4. The highest BCUT2D eigenvalue weighted by Crippen LogP contribution is 2.27. The van der Waals surface area contributed by atoms with Crippen LogP contribution in [0.3, 0.4) is 0 Å². The van der Waals surface area contributed by atoms with Crippen molar-refractivity contribution in [2.45, 2.75) is 17.6 Å². The molecule has 0 fully saturated rings. The molecule has 0 saturated carbocycles. The maximum absolute atomic E-state index is 13.4. The van der Waals surface area contributed by atoms with Gasteiger partial charge in [0.2, 0.25) is 5.91 Å². The molecule has 2 aromatic rings. The number of thiazole rings is 1. The van der Waals surface area contributed by atoms with Crippen LogP contribution in [0.1, 0.15) is 12.6 Å². The van der Waals surface area contributed by atoms with Gasteiger partial charge >= 0.3 is 0 Å². The summed E-state index contributed by atoms with van der Waals surface area (Å²) in [6, 6.07) is 3.33. The molecule has 1 heterocycles. The quantitative estimate of drug-likeness (QED) is 0.876. The highest BCUT2D eigenvalue weighted by molar-refractivity contribution is 7.98. The summed E-state index contributed by atoms with van der Waals surface area (Å²) in [4.78, 5) is 15.3. The summed E-state index contributed by atoms with van der Waals surface area (Å²) in [5, 5.41) is 4.84. The van der Waals surface area contributed by atoms with E-state index in [0.29, 0.717) is 16.6 Å². The van der Waals surface area contributed by atoms with Gasteiger partial charge in [0.25, 0.3) is 0 Å². The monoisotopic (exact) mass is 300 g/mol. The molecule has 0 saturated heterocycles. The molecule has 0 aliphatic rings. The van der Waals surface area contributed by atoms with Crippen molar-refractivity contribution >= 4 is 34.1 Å². The number of amides is 1. The molecule has 0 radical (unpaired) electrons. The highest BCUT2D eigenvalue weighted by atomic mass is 32.2. The van der Waals surface area contributed by atoms with Crippen molar-refractivity contribution in [2.75, 3.05) is 5.32 Å². The number of hydrogen-bond donors (Lipinski definition) is 1. The Balaban J connectivity index is 2.00. The van der Waals surface area contributed by atoms with Gasteiger partial charge in [-0.2, -0.15) is 0 Å². The average molecular weight is 300 g/mol. The van der Waals surface area contributed by atoms with E-state index in [0.717, 1.165) is 30.0 Å². The number of carbonyl (C=O) groups excluding carboxylic acids is 1. The van der Waals surface area contributed by atoms with Crippen LogP contribution in [-0.4, -0.2) is 10.9 Å². The molecule has 0 unspecified atom stereocenters. The minimum absolute atomic E-state index is 0.190. The minimum atomic E-state index is -0.471. The Bertz CT molecular complexity index is 601. The topological polar surface area (TPSA) is 42.0 Å². The number of carbonyl (C=O) groups is 1. The summed E-state index contributed by atoms with van der Waals surface area (Å²) >= 11 is 2.46. The van der Waals surface area contributed by atoms with Crippen LogP contribution in [0.15, 0.2) is 28.5 Å². The standard InChI is InChI=1S/C12H10F2N2OS2/c1-7(17)15-12-16-9(6-19-12)5-18-11-4-8(13)2-3-10(11)14/h2-4,6H,5H2,1H3,(H,15,16,17). The third kappa shape index (κ3) is 4.00. The Labute approximate surface area is 117 Å². The molecule has 2 rings (SSSR count). The fourth-order valence-corrected chi connectivity index (χ4v) is 3.04. The first-order chi connectivity index (χ1) is 9.04. The third-order valence-electron chi connectivity index (χ3n) is 2.10. The lowest BCUT2D eigenvalue weighted by atomic mass is 10.3. The van der Waals surface area contributed by atoms with E-state index in [1.165, 1.54) is 18.3 Å². The molecule has 1 aromatic carbocycles. The second-order valence-electron chi connectivity index (χ2n) is 3.69. The number of nitrogens with one attached hydrogen (secondary N) is 1. The van der Waals surface area contributed by atoms with E-state index < -0.39 is 11.6 Å². The number of benzene rings is 1. The van der Waals surface area contributed by atoms with Crippen molar-refractivity contribution in [3.8, 4) is 0 Å². The van der Waals surface area contributed by atoms with Crippen LogP contribution in [0.2, 0.25) is 0 Å². The molecule has 1 amide bonds. The van der Waals surface area contributed by atoms with E-state index in [1.54, 1.807) is 5.38 Å². The first kappa shape index (κ1) is 14.0. The van der Waals surface area contributed by atoms with Gasteiger partial charge in [-0.05, 0) is 18.2 Å². The molecule has 1 aromatic heterocycles. The number of aromatic nitrogens is 1. The SMILES string of the molecule is CC(=O)Nc1nc(CSc2cc(F)ccc2F)cs1. The van der Waals surface area contributed by atoms with E-state index >= 15 is 0 Å². The molecule has 1 N–H and O–H groups in total. The van der Waals surface area contributed by atoms with Gasteiger partial charge in [-0.1, -0.05) is 0 Å². The Hall–Kier alpha value is -1.47. The summed E-state index contributed by atoms with van der Waals surface area (Å²) < 4.78 is 26.4. The van der Waals surface area contributed by atoms with Crippen molar-refractivity contribution in [1.82, 2.24) is 4.98 Å². The van der Waals surface area contributed by atoms with Crippen molar-refractivity contribution in [2.24, 2.45) is 0 Å². The lowest BCUT2D eigenvalue weighted by molar-refractivity contribution is -0.114. The van der Waals surface area contributed by atoms with Crippen LogP contribution in [0, 0.1) is 11.6 Å². The predicted molar refractivity (Wildman–Crippen MR) is 72.3 cm³/mol. The van der Waals surface area contributed by atoms with Gasteiger partial charge < -0.3 is 5.32 Å². The number of thioether (sulfide) groups is 1. The van der Waals surface area contributed by atoms with Crippen LogP contribution in [0.5, 0.6) is 0 Å². The van der Waals surface area contributed by atoms with Crippen LogP contribution in [-0.2, 0) is 10.5 Å². The number of rotatable bonds is 4. The van der Waals surface area contributed by atoms with Crippen molar-refractivity contribution in [1.29, 1.82) is 0 Å². The second-order valence-corrected chi connectivity index (χ2v) is 5.56. The van der Waals surface area contributed by atoms with Gasteiger partial charge in [0.1, 0.15) is 11.6 Å². The normalized spacial score (nSPS) is 10.5. The van der Waals surface area contributed by atoms with Gasteiger partial charge in [-0.3, -0.25) is 4.79 Å². The van der Waals surface area contributed by atoms with Crippen LogP contribution in [0.4, 0.5) is 13.9 Å². The second kappa shape index (κ2) is 6.12. The fourth-order valence-electron chi connectivity index (χ4n) is 1.32. The molecule has 19 heavy (non-hydrogen) atoms. The zero-order valence-corrected chi connectivity index (χ0v) is 11.6. The van der Waals surface area contributed by atoms with E-state index in [-0.39, 0.29) is 10.8 Å². The van der Waals surface area contributed by atoms with E-state index in [4.69, 9.17) is 0 Å². The molecule has 0 aliphatic heterocycles. The molecule has 0 spiro atoms. The van der Waals surface area contributed by atoms with E-state index in [1.807, 2.05) is 0 Å². The average Bonchev–Trinajstić information content (AvgIpc) is 2.77. The van der Waals surface area contributed by atoms with Gasteiger partial charge in [-0.15, -0.1) is 23.1 Å². The number of hydrogen-bond acceptors (Lipinski definition) is 4. The lowest BCUT2D eigenvalue weighted by Crippen LogP contribution is -2.05. The van der Waals surface area contributed by atoms with Crippen molar-refractivity contribution in [3.05, 3.63) is 40.9 Å². The van der Waals surface area contributed by atoms with Gasteiger partial charge in [-0.25, -0.2) is 13.8 Å². The minimum Gasteiger partial charge on any atom is -0.302 e. The van der Waals surface area contributed by atoms with E-state index in [2.05, 4.69) is 10.3 Å². The fraction of sp³-hybridized carbons (Fsp3) is 0.167. The zero-order chi connectivity index (χ0) is 13.8. The van der Waals surface area contributed by atoms with Gasteiger partial charge in [0, 0.05) is 23.0 Å². The molecular weight excluding hydrogens is 290 g/mol. The number of anilines is 1. The Morgan fingerprint density at radius 3 is 3.00 bits per heavy atom. The Morgan fingerprint density at radius 1 is 1.47 bits per heavy atom.